The number of ether oxygens (including phenoxy) is 1. The average Bonchev–Trinajstić information content (AvgIpc) is 2.54. The van der Waals surface area contributed by atoms with Crippen LogP contribution in [0.3, 0.4) is 0 Å². The molecule has 3 rings (SSSR count). The fourth-order valence-electron chi connectivity index (χ4n) is 2.99. The highest BCUT2D eigenvalue weighted by molar-refractivity contribution is 7.90. The maximum Gasteiger partial charge on any atom is 0.304 e. The fourth-order valence-corrected chi connectivity index (χ4v) is 4.71. The molecule has 0 aromatic heterocycles. The zero-order valence-electron chi connectivity index (χ0n) is 12.2. The van der Waals surface area contributed by atoms with Gasteiger partial charge in [-0.05, 0) is 24.5 Å². The van der Waals surface area contributed by atoms with Gasteiger partial charge in [-0.1, -0.05) is 12.1 Å². The third-order valence-electron chi connectivity index (χ3n) is 4.04. The number of piperazine rings is 1. The molecule has 0 bridgehead atoms. The van der Waals surface area contributed by atoms with Gasteiger partial charge in [0.05, 0.1) is 12.8 Å². The highest BCUT2D eigenvalue weighted by atomic mass is 32.2. The molecule has 1 saturated heterocycles. The van der Waals surface area contributed by atoms with E-state index in [4.69, 9.17) is 4.74 Å². The SMILES string of the molecule is COc1cccc2c1N(S(=O)(=O)N1CCNCC1)CCC2. The van der Waals surface area contributed by atoms with Crippen LogP contribution in [-0.4, -0.2) is 52.6 Å². The number of fused-ring (bicyclic) bond motifs is 1. The highest BCUT2D eigenvalue weighted by Gasteiger charge is 2.35. The van der Waals surface area contributed by atoms with E-state index in [2.05, 4.69) is 5.32 Å². The molecule has 1 aromatic rings. The first-order chi connectivity index (χ1) is 10.1. The van der Waals surface area contributed by atoms with E-state index in [1.807, 2.05) is 18.2 Å². The van der Waals surface area contributed by atoms with Crippen molar-refractivity contribution in [3.63, 3.8) is 0 Å². The molecule has 0 aliphatic carbocycles. The molecule has 0 atom stereocenters. The highest BCUT2D eigenvalue weighted by Crippen LogP contribution is 2.38. The summed E-state index contributed by atoms with van der Waals surface area (Å²) in [5.41, 5.74) is 1.75. The summed E-state index contributed by atoms with van der Waals surface area (Å²) in [6, 6.07) is 5.72. The molecule has 1 aromatic carbocycles. The second-order valence-corrected chi connectivity index (χ2v) is 7.15. The van der Waals surface area contributed by atoms with E-state index in [1.165, 1.54) is 4.31 Å². The van der Waals surface area contributed by atoms with Crippen LogP contribution in [0.4, 0.5) is 5.69 Å². The van der Waals surface area contributed by atoms with Crippen molar-refractivity contribution in [1.82, 2.24) is 9.62 Å². The number of hydrogen-bond donors (Lipinski definition) is 1. The Balaban J connectivity index is 2.01. The van der Waals surface area contributed by atoms with Gasteiger partial charge in [-0.25, -0.2) is 0 Å². The van der Waals surface area contributed by atoms with Crippen molar-refractivity contribution in [1.29, 1.82) is 0 Å². The largest absolute Gasteiger partial charge is 0.495 e. The van der Waals surface area contributed by atoms with E-state index in [0.29, 0.717) is 44.2 Å². The number of methoxy groups -OCH3 is 1. The van der Waals surface area contributed by atoms with Crippen molar-refractivity contribution in [3.05, 3.63) is 23.8 Å². The monoisotopic (exact) mass is 311 g/mol. The topological polar surface area (TPSA) is 61.9 Å². The van der Waals surface area contributed by atoms with Crippen molar-refractivity contribution in [2.24, 2.45) is 0 Å². The Bertz CT molecular complexity index is 598. The van der Waals surface area contributed by atoms with E-state index in [-0.39, 0.29) is 0 Å². The van der Waals surface area contributed by atoms with Crippen molar-refractivity contribution in [2.75, 3.05) is 44.1 Å². The van der Waals surface area contributed by atoms with Crippen LogP contribution in [0, 0.1) is 0 Å². The first-order valence-electron chi connectivity index (χ1n) is 7.29. The Morgan fingerprint density at radius 2 is 1.95 bits per heavy atom. The lowest BCUT2D eigenvalue weighted by Crippen LogP contribution is -2.52. The van der Waals surface area contributed by atoms with Crippen molar-refractivity contribution in [3.8, 4) is 5.75 Å². The number of nitrogens with one attached hydrogen (secondary N) is 1. The lowest BCUT2D eigenvalue weighted by atomic mass is 10.0. The maximum atomic E-state index is 12.9. The summed E-state index contributed by atoms with van der Waals surface area (Å²) in [5, 5.41) is 3.18. The van der Waals surface area contributed by atoms with Gasteiger partial charge in [-0.3, -0.25) is 4.31 Å². The Kier molecular flexibility index (Phi) is 4.05. The number of nitrogens with zero attached hydrogens (tertiary/aromatic N) is 2. The van der Waals surface area contributed by atoms with Crippen molar-refractivity contribution in [2.45, 2.75) is 12.8 Å². The summed E-state index contributed by atoms with van der Waals surface area (Å²) in [6.07, 6.45) is 1.73. The lowest BCUT2D eigenvalue weighted by molar-refractivity contribution is 0.357. The number of anilines is 1. The van der Waals surface area contributed by atoms with Gasteiger partial charge in [0.15, 0.2) is 0 Å². The normalized spacial score (nSPS) is 20.1. The summed E-state index contributed by atoms with van der Waals surface area (Å²) in [5.74, 6) is 0.630. The molecule has 2 heterocycles. The van der Waals surface area contributed by atoms with E-state index < -0.39 is 10.2 Å². The number of para-hydroxylation sites is 1. The quantitative estimate of drug-likeness (QED) is 0.888. The summed E-state index contributed by atoms with van der Waals surface area (Å²) < 4.78 is 34.4. The summed E-state index contributed by atoms with van der Waals surface area (Å²) >= 11 is 0. The summed E-state index contributed by atoms with van der Waals surface area (Å²) in [4.78, 5) is 0. The second-order valence-electron chi connectivity index (χ2n) is 5.30. The molecule has 7 heteroatoms. The standard InChI is InChI=1S/C14H21N3O3S/c1-20-13-6-2-4-12-5-3-9-17(14(12)13)21(18,19)16-10-7-15-8-11-16/h2,4,6,15H,3,5,7-11H2,1H3. The molecular weight excluding hydrogens is 290 g/mol. The summed E-state index contributed by atoms with van der Waals surface area (Å²) in [6.45, 7) is 2.95. The first kappa shape index (κ1) is 14.6. The minimum absolute atomic E-state index is 0.514. The van der Waals surface area contributed by atoms with E-state index >= 15 is 0 Å². The average molecular weight is 311 g/mol. The second kappa shape index (κ2) is 5.82. The van der Waals surface area contributed by atoms with Crippen molar-refractivity contribution < 1.29 is 13.2 Å². The molecule has 0 amide bonds. The van der Waals surface area contributed by atoms with Crippen molar-refractivity contribution >= 4 is 15.9 Å². The molecule has 0 radical (unpaired) electrons. The van der Waals surface area contributed by atoms with Gasteiger partial charge in [-0.2, -0.15) is 12.7 Å². The summed E-state index contributed by atoms with van der Waals surface area (Å²) in [7, 11) is -1.90. The van der Waals surface area contributed by atoms with Gasteiger partial charge in [0.2, 0.25) is 0 Å². The number of benzene rings is 1. The lowest BCUT2D eigenvalue weighted by Gasteiger charge is -2.37. The predicted molar refractivity (Wildman–Crippen MR) is 82.0 cm³/mol. The van der Waals surface area contributed by atoms with Crippen LogP contribution in [0.2, 0.25) is 0 Å². The number of rotatable bonds is 3. The van der Waals surface area contributed by atoms with Crippen LogP contribution in [0.1, 0.15) is 12.0 Å². The third-order valence-corrected chi connectivity index (χ3v) is 5.98. The van der Waals surface area contributed by atoms with Crippen LogP contribution in [0.15, 0.2) is 18.2 Å². The molecule has 116 valence electrons. The van der Waals surface area contributed by atoms with E-state index in [0.717, 1.165) is 18.4 Å². The van der Waals surface area contributed by atoms with Gasteiger partial charge in [-0.15, -0.1) is 0 Å². The predicted octanol–water partition coefficient (Wildman–Crippen LogP) is 0.598. The molecule has 21 heavy (non-hydrogen) atoms. The van der Waals surface area contributed by atoms with E-state index in [9.17, 15) is 8.42 Å². The van der Waals surface area contributed by atoms with Crippen LogP contribution >= 0.6 is 0 Å². The Hall–Kier alpha value is -1.31. The molecule has 0 spiro atoms. The zero-order valence-corrected chi connectivity index (χ0v) is 13.0. The Labute approximate surface area is 125 Å². The molecule has 2 aliphatic rings. The van der Waals surface area contributed by atoms with E-state index in [1.54, 1.807) is 11.4 Å². The van der Waals surface area contributed by atoms with Crippen LogP contribution in [0.25, 0.3) is 0 Å². The molecule has 1 fully saturated rings. The van der Waals surface area contributed by atoms with Crippen LogP contribution in [-0.2, 0) is 16.6 Å². The molecule has 2 aliphatic heterocycles. The third kappa shape index (κ3) is 2.61. The molecule has 0 saturated carbocycles. The number of aryl methyl sites for hydroxylation is 1. The molecular formula is C14H21N3O3S. The van der Waals surface area contributed by atoms with Gasteiger partial charge >= 0.3 is 10.2 Å². The minimum Gasteiger partial charge on any atom is -0.495 e. The first-order valence-corrected chi connectivity index (χ1v) is 8.68. The van der Waals surface area contributed by atoms with Crippen LogP contribution < -0.4 is 14.4 Å². The fraction of sp³-hybridized carbons (Fsp3) is 0.571. The van der Waals surface area contributed by atoms with Gasteiger partial charge in [0.25, 0.3) is 0 Å². The zero-order chi connectivity index (χ0) is 14.9. The maximum absolute atomic E-state index is 12.9. The van der Waals surface area contributed by atoms with Gasteiger partial charge in [0.1, 0.15) is 5.75 Å². The van der Waals surface area contributed by atoms with Gasteiger partial charge < -0.3 is 10.1 Å². The number of hydrogen-bond acceptors (Lipinski definition) is 4. The van der Waals surface area contributed by atoms with Gasteiger partial charge in [0, 0.05) is 32.7 Å². The smallest absolute Gasteiger partial charge is 0.304 e. The Morgan fingerprint density at radius 3 is 2.67 bits per heavy atom. The molecule has 0 unspecified atom stereocenters. The molecule has 1 N–H and O–H groups in total. The molecule has 6 nitrogen and oxygen atoms in total. The van der Waals surface area contributed by atoms with Crippen LogP contribution in [0.5, 0.6) is 5.75 Å². The minimum atomic E-state index is -3.48. The Morgan fingerprint density at radius 1 is 1.19 bits per heavy atom.